The number of hydrogen-bond acceptors (Lipinski definition) is 5. The molecular formula is C18H15F3N2O5. The number of rotatable bonds is 6. The van der Waals surface area contributed by atoms with Gasteiger partial charge in [-0.25, -0.2) is 4.79 Å². The molecule has 2 aromatic rings. The van der Waals surface area contributed by atoms with E-state index < -0.39 is 34.6 Å². The fourth-order valence-electron chi connectivity index (χ4n) is 2.47. The molecule has 0 unspecified atom stereocenters. The highest BCUT2D eigenvalue weighted by Gasteiger charge is 2.31. The molecule has 2 aromatic carbocycles. The topological polar surface area (TPSA) is 98.5 Å². The second-order valence-corrected chi connectivity index (χ2v) is 5.71. The van der Waals surface area contributed by atoms with Crippen molar-refractivity contribution in [3.63, 3.8) is 0 Å². The molecule has 28 heavy (non-hydrogen) atoms. The normalized spacial score (nSPS) is 12.1. The second kappa shape index (κ2) is 8.51. The number of nitrogens with zero attached hydrogens (tertiary/aromatic N) is 1. The molecule has 1 N–H and O–H groups in total. The van der Waals surface area contributed by atoms with Crippen molar-refractivity contribution >= 4 is 17.6 Å². The largest absolute Gasteiger partial charge is 0.467 e. The third kappa shape index (κ3) is 5.06. The first-order chi connectivity index (χ1) is 13.1. The molecule has 0 fully saturated rings. The molecule has 7 nitrogen and oxygen atoms in total. The van der Waals surface area contributed by atoms with E-state index >= 15 is 0 Å². The van der Waals surface area contributed by atoms with Gasteiger partial charge in [-0.1, -0.05) is 18.2 Å². The van der Waals surface area contributed by atoms with E-state index in [-0.39, 0.29) is 23.2 Å². The number of hydrogen-bond donors (Lipinski definition) is 1. The van der Waals surface area contributed by atoms with E-state index in [1.807, 2.05) is 0 Å². The second-order valence-electron chi connectivity index (χ2n) is 5.71. The van der Waals surface area contributed by atoms with Crippen LogP contribution in [0.25, 0.3) is 0 Å². The Hall–Kier alpha value is -3.43. The molecule has 0 aliphatic rings. The Bertz CT molecular complexity index is 882. The van der Waals surface area contributed by atoms with E-state index in [0.717, 1.165) is 31.4 Å². The first kappa shape index (κ1) is 20.9. The Morgan fingerprint density at radius 3 is 2.29 bits per heavy atom. The van der Waals surface area contributed by atoms with Crippen LogP contribution in [0.5, 0.6) is 0 Å². The number of nitro groups is 1. The van der Waals surface area contributed by atoms with E-state index in [4.69, 9.17) is 0 Å². The Kier molecular flexibility index (Phi) is 6.34. The summed E-state index contributed by atoms with van der Waals surface area (Å²) >= 11 is 0. The van der Waals surface area contributed by atoms with Gasteiger partial charge in [-0.15, -0.1) is 0 Å². The van der Waals surface area contributed by atoms with E-state index in [1.165, 1.54) is 24.3 Å². The fraction of sp³-hybridized carbons (Fsp3) is 0.222. The molecule has 0 bridgehead atoms. The summed E-state index contributed by atoms with van der Waals surface area (Å²) in [4.78, 5) is 34.8. The van der Waals surface area contributed by atoms with Gasteiger partial charge < -0.3 is 10.1 Å². The van der Waals surface area contributed by atoms with Crippen LogP contribution in [0.4, 0.5) is 18.9 Å². The van der Waals surface area contributed by atoms with Crippen LogP contribution in [-0.2, 0) is 22.1 Å². The first-order valence-corrected chi connectivity index (χ1v) is 7.91. The van der Waals surface area contributed by atoms with Crippen LogP contribution < -0.4 is 5.32 Å². The van der Waals surface area contributed by atoms with E-state index in [9.17, 15) is 32.9 Å². The number of carbonyl (C=O) groups is 2. The average molecular weight is 396 g/mol. The summed E-state index contributed by atoms with van der Waals surface area (Å²) in [6.07, 6.45) is -4.77. The molecular weight excluding hydrogens is 381 g/mol. The average Bonchev–Trinajstić information content (AvgIpc) is 2.66. The predicted molar refractivity (Wildman–Crippen MR) is 91.5 cm³/mol. The zero-order chi connectivity index (χ0) is 20.9. The molecule has 0 saturated carbocycles. The number of benzene rings is 2. The van der Waals surface area contributed by atoms with E-state index in [0.29, 0.717) is 0 Å². The zero-order valence-corrected chi connectivity index (χ0v) is 14.5. The third-order valence-corrected chi connectivity index (χ3v) is 3.88. The highest BCUT2D eigenvalue weighted by atomic mass is 19.4. The predicted octanol–water partition coefficient (Wildman–Crippen LogP) is 3.13. The van der Waals surface area contributed by atoms with Crippen molar-refractivity contribution < 1.29 is 32.4 Å². The molecule has 0 aromatic heterocycles. The Balaban J connectivity index is 2.22. The van der Waals surface area contributed by atoms with Crippen LogP contribution in [0.15, 0.2) is 48.5 Å². The number of alkyl halides is 3. The van der Waals surface area contributed by atoms with Gasteiger partial charge in [0.2, 0.25) is 0 Å². The lowest BCUT2D eigenvalue weighted by atomic mass is 10.0. The molecule has 148 valence electrons. The standard InChI is InChI=1S/C18H15F3N2O5/c1-28-17(25)14(10-12-4-2-3-5-15(12)23(26)27)22-16(24)11-6-8-13(9-7-11)18(19,20)21/h2-9,14H,10H2,1H3,(H,22,24)/t14-/m0/s1. The summed E-state index contributed by atoms with van der Waals surface area (Å²) in [5.41, 5.74) is -1.08. The van der Waals surface area contributed by atoms with Crippen molar-refractivity contribution in [2.45, 2.75) is 18.6 Å². The maximum Gasteiger partial charge on any atom is 0.416 e. The number of methoxy groups -OCH3 is 1. The minimum Gasteiger partial charge on any atom is -0.467 e. The van der Waals surface area contributed by atoms with Crippen molar-refractivity contribution in [2.75, 3.05) is 7.11 Å². The van der Waals surface area contributed by atoms with E-state index in [1.54, 1.807) is 0 Å². The molecule has 0 aliphatic heterocycles. The summed E-state index contributed by atoms with van der Waals surface area (Å²) in [6.45, 7) is 0. The minimum atomic E-state index is -4.55. The van der Waals surface area contributed by atoms with Gasteiger partial charge in [0.15, 0.2) is 0 Å². The van der Waals surface area contributed by atoms with Gasteiger partial charge in [-0.3, -0.25) is 14.9 Å². The number of nitrogens with one attached hydrogen (secondary N) is 1. The molecule has 0 radical (unpaired) electrons. The van der Waals surface area contributed by atoms with Gasteiger partial charge in [0.25, 0.3) is 11.6 Å². The van der Waals surface area contributed by atoms with Gasteiger partial charge in [-0.05, 0) is 24.3 Å². The SMILES string of the molecule is COC(=O)[C@H](Cc1ccccc1[N+](=O)[O-])NC(=O)c1ccc(C(F)(F)F)cc1. The first-order valence-electron chi connectivity index (χ1n) is 7.91. The Morgan fingerprint density at radius 1 is 1.14 bits per heavy atom. The molecule has 0 aliphatic carbocycles. The zero-order valence-electron chi connectivity index (χ0n) is 14.5. The van der Waals surface area contributed by atoms with Gasteiger partial charge in [0.05, 0.1) is 17.6 Å². The number of esters is 1. The van der Waals surface area contributed by atoms with Gasteiger partial charge in [0.1, 0.15) is 6.04 Å². The van der Waals surface area contributed by atoms with Crippen LogP contribution in [0.3, 0.4) is 0 Å². The van der Waals surface area contributed by atoms with Crippen molar-refractivity contribution in [2.24, 2.45) is 0 Å². The number of amides is 1. The maximum atomic E-state index is 12.6. The minimum absolute atomic E-state index is 0.107. The van der Waals surface area contributed by atoms with Crippen LogP contribution in [0.2, 0.25) is 0 Å². The summed E-state index contributed by atoms with van der Waals surface area (Å²) in [5.74, 6) is -1.67. The lowest BCUT2D eigenvalue weighted by Gasteiger charge is -2.17. The van der Waals surface area contributed by atoms with Crippen molar-refractivity contribution in [1.82, 2.24) is 5.32 Å². The Morgan fingerprint density at radius 2 is 1.75 bits per heavy atom. The lowest BCUT2D eigenvalue weighted by molar-refractivity contribution is -0.385. The number of ether oxygens (including phenoxy) is 1. The summed E-state index contributed by atoms with van der Waals surface area (Å²) < 4.78 is 42.4. The van der Waals surface area contributed by atoms with Crippen LogP contribution in [-0.4, -0.2) is 30.0 Å². The quantitative estimate of drug-likeness (QED) is 0.460. The monoisotopic (exact) mass is 396 g/mol. The molecule has 0 spiro atoms. The molecule has 0 saturated heterocycles. The van der Waals surface area contributed by atoms with Crippen molar-refractivity contribution in [1.29, 1.82) is 0 Å². The fourth-order valence-corrected chi connectivity index (χ4v) is 2.47. The third-order valence-electron chi connectivity index (χ3n) is 3.88. The highest BCUT2D eigenvalue weighted by Crippen LogP contribution is 2.29. The van der Waals surface area contributed by atoms with Crippen molar-refractivity contribution in [3.8, 4) is 0 Å². The van der Waals surface area contributed by atoms with Crippen LogP contribution in [0, 0.1) is 10.1 Å². The number of carbonyl (C=O) groups excluding carboxylic acids is 2. The van der Waals surface area contributed by atoms with Crippen molar-refractivity contribution in [3.05, 3.63) is 75.3 Å². The maximum absolute atomic E-state index is 12.6. The lowest BCUT2D eigenvalue weighted by Crippen LogP contribution is -2.43. The summed E-state index contributed by atoms with van der Waals surface area (Å²) in [7, 11) is 1.08. The molecule has 2 rings (SSSR count). The summed E-state index contributed by atoms with van der Waals surface area (Å²) in [6, 6.07) is 7.83. The number of nitro benzene ring substituents is 1. The highest BCUT2D eigenvalue weighted by molar-refractivity contribution is 5.96. The molecule has 1 atom stereocenters. The number of para-hydroxylation sites is 1. The molecule has 0 heterocycles. The summed E-state index contributed by atoms with van der Waals surface area (Å²) in [5, 5.41) is 13.4. The molecule has 1 amide bonds. The van der Waals surface area contributed by atoms with Gasteiger partial charge in [0, 0.05) is 23.6 Å². The van der Waals surface area contributed by atoms with Crippen LogP contribution >= 0.6 is 0 Å². The van der Waals surface area contributed by atoms with Gasteiger partial charge in [-0.2, -0.15) is 13.2 Å². The van der Waals surface area contributed by atoms with Gasteiger partial charge >= 0.3 is 12.1 Å². The van der Waals surface area contributed by atoms with E-state index in [2.05, 4.69) is 10.1 Å². The Labute approximate surface area is 157 Å². The number of halogens is 3. The van der Waals surface area contributed by atoms with Crippen LogP contribution in [0.1, 0.15) is 21.5 Å². The molecule has 10 heteroatoms. The smallest absolute Gasteiger partial charge is 0.416 e.